The molecule has 1 saturated heterocycles. The molecular weight excluding hydrogens is 192 g/mol. The Balaban J connectivity index is 2.33. The quantitative estimate of drug-likeness (QED) is 0.740. The lowest BCUT2D eigenvalue weighted by atomic mass is 10.0. The Hall–Kier alpha value is -0.610. The smallest absolute Gasteiger partial charge is 0.226 e. The van der Waals surface area contributed by atoms with Gasteiger partial charge in [-0.05, 0) is 18.8 Å². The first kappa shape index (κ1) is 12.5. The van der Waals surface area contributed by atoms with Gasteiger partial charge < -0.3 is 15.4 Å². The third-order valence-electron chi connectivity index (χ3n) is 2.94. The van der Waals surface area contributed by atoms with E-state index in [0.29, 0.717) is 12.5 Å². The minimum atomic E-state index is -0.0699. The van der Waals surface area contributed by atoms with Crippen LogP contribution in [-0.2, 0) is 9.53 Å². The second-order valence-corrected chi connectivity index (χ2v) is 4.44. The Labute approximate surface area is 91.8 Å². The van der Waals surface area contributed by atoms with E-state index in [1.165, 1.54) is 0 Å². The number of ether oxygens (including phenoxy) is 1. The molecule has 0 aromatic carbocycles. The highest BCUT2D eigenvalue weighted by atomic mass is 16.5. The molecule has 0 aromatic rings. The van der Waals surface area contributed by atoms with Crippen LogP contribution in [0.3, 0.4) is 0 Å². The Kier molecular flexibility index (Phi) is 5.05. The molecule has 4 heteroatoms. The normalized spacial score (nSPS) is 23.5. The summed E-state index contributed by atoms with van der Waals surface area (Å²) in [6.07, 6.45) is 2.27. The van der Waals surface area contributed by atoms with Crippen molar-refractivity contribution in [2.45, 2.75) is 19.8 Å². The van der Waals surface area contributed by atoms with Crippen molar-refractivity contribution in [1.29, 1.82) is 0 Å². The van der Waals surface area contributed by atoms with Crippen molar-refractivity contribution >= 4 is 5.91 Å². The largest absolute Gasteiger partial charge is 0.381 e. The molecule has 1 aliphatic rings. The van der Waals surface area contributed by atoms with Gasteiger partial charge in [-0.25, -0.2) is 0 Å². The monoisotopic (exact) mass is 214 g/mol. The van der Waals surface area contributed by atoms with Gasteiger partial charge in [0.2, 0.25) is 5.91 Å². The van der Waals surface area contributed by atoms with E-state index in [0.717, 1.165) is 32.6 Å². The number of carbonyl (C=O) groups excluding carboxylic acids is 1. The summed E-state index contributed by atoms with van der Waals surface area (Å²) in [6.45, 7) is 4.74. The van der Waals surface area contributed by atoms with Gasteiger partial charge >= 0.3 is 0 Å². The number of nitrogens with zero attached hydrogens (tertiary/aromatic N) is 1. The van der Waals surface area contributed by atoms with Gasteiger partial charge in [-0.2, -0.15) is 0 Å². The first-order chi connectivity index (χ1) is 7.15. The molecule has 0 aliphatic carbocycles. The van der Waals surface area contributed by atoms with E-state index in [1.807, 2.05) is 14.0 Å². The first-order valence-corrected chi connectivity index (χ1v) is 5.68. The zero-order valence-electron chi connectivity index (χ0n) is 9.74. The predicted molar refractivity (Wildman–Crippen MR) is 59.4 cm³/mol. The maximum atomic E-state index is 11.8. The van der Waals surface area contributed by atoms with Gasteiger partial charge in [0.15, 0.2) is 0 Å². The zero-order valence-corrected chi connectivity index (χ0v) is 9.74. The Morgan fingerprint density at radius 2 is 2.40 bits per heavy atom. The molecule has 1 aliphatic heterocycles. The Bertz CT molecular complexity index is 203. The Morgan fingerprint density at radius 1 is 1.67 bits per heavy atom. The van der Waals surface area contributed by atoms with Crippen LogP contribution >= 0.6 is 0 Å². The topological polar surface area (TPSA) is 55.6 Å². The molecule has 1 amide bonds. The maximum Gasteiger partial charge on any atom is 0.226 e. The number of carbonyl (C=O) groups is 1. The fourth-order valence-electron chi connectivity index (χ4n) is 1.91. The molecule has 1 fully saturated rings. The van der Waals surface area contributed by atoms with Crippen molar-refractivity contribution in [2.75, 3.05) is 33.4 Å². The van der Waals surface area contributed by atoms with Crippen LogP contribution in [-0.4, -0.2) is 44.2 Å². The van der Waals surface area contributed by atoms with E-state index in [4.69, 9.17) is 10.5 Å². The summed E-state index contributed by atoms with van der Waals surface area (Å²) in [5.74, 6) is 0.570. The van der Waals surface area contributed by atoms with Gasteiger partial charge in [-0.3, -0.25) is 4.79 Å². The van der Waals surface area contributed by atoms with Crippen molar-refractivity contribution in [3.63, 3.8) is 0 Å². The average molecular weight is 214 g/mol. The lowest BCUT2D eigenvalue weighted by molar-refractivity contribution is -0.134. The van der Waals surface area contributed by atoms with Gasteiger partial charge in [0.05, 0.1) is 6.61 Å². The third-order valence-corrected chi connectivity index (χ3v) is 2.94. The molecule has 4 nitrogen and oxygen atoms in total. The minimum Gasteiger partial charge on any atom is -0.381 e. The molecule has 0 aromatic heterocycles. The highest BCUT2D eigenvalue weighted by Gasteiger charge is 2.21. The summed E-state index contributed by atoms with van der Waals surface area (Å²) in [5, 5.41) is 0. The molecule has 1 heterocycles. The Morgan fingerprint density at radius 3 is 2.93 bits per heavy atom. The van der Waals surface area contributed by atoms with Gasteiger partial charge in [-0.1, -0.05) is 6.92 Å². The molecule has 88 valence electrons. The summed E-state index contributed by atoms with van der Waals surface area (Å²) in [4.78, 5) is 13.5. The van der Waals surface area contributed by atoms with Crippen LogP contribution in [0.15, 0.2) is 0 Å². The molecule has 0 spiro atoms. The molecular formula is C11H22N2O2. The summed E-state index contributed by atoms with van der Waals surface area (Å²) in [7, 11) is 1.85. The molecule has 15 heavy (non-hydrogen) atoms. The lowest BCUT2D eigenvalue weighted by Gasteiger charge is -2.28. The third kappa shape index (κ3) is 3.80. The predicted octanol–water partition coefficient (Wildman–Crippen LogP) is 0.466. The molecule has 0 radical (unpaired) electrons. The SMILES string of the molecule is CC(CN)C(=O)N(C)CC1CCCOC1. The zero-order chi connectivity index (χ0) is 11.3. The highest BCUT2D eigenvalue weighted by molar-refractivity contribution is 5.78. The van der Waals surface area contributed by atoms with Crippen LogP contribution in [0.25, 0.3) is 0 Å². The molecule has 2 unspecified atom stereocenters. The molecule has 2 atom stereocenters. The number of hydrogen-bond donors (Lipinski definition) is 1. The van der Waals surface area contributed by atoms with Crippen molar-refractivity contribution in [3.05, 3.63) is 0 Å². The molecule has 1 rings (SSSR count). The van der Waals surface area contributed by atoms with Gasteiger partial charge in [0.1, 0.15) is 0 Å². The number of hydrogen-bond acceptors (Lipinski definition) is 3. The second-order valence-electron chi connectivity index (χ2n) is 4.44. The van der Waals surface area contributed by atoms with Crippen LogP contribution in [0, 0.1) is 11.8 Å². The van der Waals surface area contributed by atoms with Crippen molar-refractivity contribution in [2.24, 2.45) is 17.6 Å². The maximum absolute atomic E-state index is 11.8. The standard InChI is InChI=1S/C11H22N2O2/c1-9(6-12)11(14)13(2)7-10-4-3-5-15-8-10/h9-10H,3-8,12H2,1-2H3. The average Bonchev–Trinajstić information content (AvgIpc) is 2.28. The molecule has 2 N–H and O–H groups in total. The van der Waals surface area contributed by atoms with Crippen LogP contribution in [0.2, 0.25) is 0 Å². The molecule has 0 bridgehead atoms. The number of amides is 1. The second kappa shape index (κ2) is 6.08. The lowest BCUT2D eigenvalue weighted by Crippen LogP contribution is -2.39. The fourth-order valence-corrected chi connectivity index (χ4v) is 1.91. The fraction of sp³-hybridized carbons (Fsp3) is 0.909. The van der Waals surface area contributed by atoms with Crippen molar-refractivity contribution < 1.29 is 9.53 Å². The van der Waals surface area contributed by atoms with Crippen molar-refractivity contribution in [3.8, 4) is 0 Å². The van der Waals surface area contributed by atoms with Crippen LogP contribution in [0.5, 0.6) is 0 Å². The first-order valence-electron chi connectivity index (χ1n) is 5.68. The van der Waals surface area contributed by atoms with Crippen molar-refractivity contribution in [1.82, 2.24) is 4.90 Å². The van der Waals surface area contributed by atoms with E-state index in [2.05, 4.69) is 0 Å². The summed E-state index contributed by atoms with van der Waals surface area (Å²) >= 11 is 0. The summed E-state index contributed by atoms with van der Waals surface area (Å²) < 4.78 is 5.39. The number of nitrogens with two attached hydrogens (primary N) is 1. The minimum absolute atomic E-state index is 0.0699. The van der Waals surface area contributed by atoms with E-state index < -0.39 is 0 Å². The van der Waals surface area contributed by atoms with E-state index in [9.17, 15) is 4.79 Å². The van der Waals surface area contributed by atoms with Crippen LogP contribution in [0.1, 0.15) is 19.8 Å². The highest BCUT2D eigenvalue weighted by Crippen LogP contribution is 2.15. The summed E-state index contributed by atoms with van der Waals surface area (Å²) in [6, 6.07) is 0. The molecule has 0 saturated carbocycles. The van der Waals surface area contributed by atoms with E-state index >= 15 is 0 Å². The van der Waals surface area contributed by atoms with Gasteiger partial charge in [0.25, 0.3) is 0 Å². The van der Waals surface area contributed by atoms with Crippen LogP contribution in [0.4, 0.5) is 0 Å². The van der Waals surface area contributed by atoms with Gasteiger partial charge in [-0.15, -0.1) is 0 Å². The van der Waals surface area contributed by atoms with E-state index in [1.54, 1.807) is 4.90 Å². The van der Waals surface area contributed by atoms with Gasteiger partial charge in [0, 0.05) is 32.7 Å². The van der Waals surface area contributed by atoms with Crippen LogP contribution < -0.4 is 5.73 Å². The van der Waals surface area contributed by atoms with E-state index in [-0.39, 0.29) is 11.8 Å². The number of rotatable bonds is 4. The summed E-state index contributed by atoms with van der Waals surface area (Å²) in [5.41, 5.74) is 5.47.